The highest BCUT2D eigenvalue weighted by atomic mass is 16.7. The van der Waals surface area contributed by atoms with Crippen LogP contribution in [-0.4, -0.2) is 56.8 Å². The molecule has 3 rings (SSSR count). The summed E-state index contributed by atoms with van der Waals surface area (Å²) in [6.45, 7) is 1.98. The Bertz CT molecular complexity index is 790. The molecule has 0 aromatic heterocycles. The molecule has 2 aliphatic heterocycles. The minimum Gasteiger partial charge on any atom is -0.492 e. The van der Waals surface area contributed by atoms with Crippen LogP contribution in [-0.2, 0) is 20.8 Å². The molecule has 1 aromatic carbocycles. The van der Waals surface area contributed by atoms with Crippen molar-refractivity contribution in [2.24, 2.45) is 10.3 Å². The summed E-state index contributed by atoms with van der Waals surface area (Å²) in [7, 11) is 2.97. The molecule has 0 spiro atoms. The summed E-state index contributed by atoms with van der Waals surface area (Å²) < 4.78 is 26.9. The van der Waals surface area contributed by atoms with Gasteiger partial charge in [0.25, 0.3) is 0 Å². The Morgan fingerprint density at radius 1 is 1.30 bits per heavy atom. The number of nitrogens with zero attached hydrogens (tertiary/aromatic N) is 2. The molecule has 0 aliphatic carbocycles. The van der Waals surface area contributed by atoms with Crippen LogP contribution in [0.15, 0.2) is 10.3 Å². The zero-order valence-corrected chi connectivity index (χ0v) is 15.2. The van der Waals surface area contributed by atoms with Crippen molar-refractivity contribution >= 4 is 17.9 Å². The number of esters is 1. The molecule has 0 saturated heterocycles. The van der Waals surface area contributed by atoms with Gasteiger partial charge < -0.3 is 33.7 Å². The fourth-order valence-electron chi connectivity index (χ4n) is 3.05. The number of oxime groups is 2. The Kier molecular flexibility index (Phi) is 5.53. The van der Waals surface area contributed by atoms with E-state index in [4.69, 9.17) is 33.7 Å². The van der Waals surface area contributed by atoms with Crippen LogP contribution in [0.2, 0.25) is 0 Å². The standard InChI is InChI=1S/C17H20N2O8/c1-4-24-17(20)12-6-9(27-19-12)5-10-11(7-18-21)14-16(26-8-25-14)15(23-3)13(10)22-2/h7,9,21H,4-6,8H2,1-3H3/b18-7-/t9-/m0/s1. The number of hydrogen-bond acceptors (Lipinski definition) is 10. The second kappa shape index (κ2) is 8.02. The lowest BCUT2D eigenvalue weighted by Gasteiger charge is -2.19. The second-order valence-corrected chi connectivity index (χ2v) is 5.66. The Morgan fingerprint density at radius 2 is 2.04 bits per heavy atom. The first-order valence-corrected chi connectivity index (χ1v) is 8.28. The van der Waals surface area contributed by atoms with Crippen molar-refractivity contribution in [2.75, 3.05) is 27.6 Å². The van der Waals surface area contributed by atoms with Gasteiger partial charge in [0.15, 0.2) is 17.2 Å². The van der Waals surface area contributed by atoms with Crippen molar-refractivity contribution in [1.29, 1.82) is 0 Å². The van der Waals surface area contributed by atoms with Crippen LogP contribution in [0.4, 0.5) is 0 Å². The minimum atomic E-state index is -0.507. The van der Waals surface area contributed by atoms with Crippen LogP contribution >= 0.6 is 0 Å². The third-order valence-electron chi connectivity index (χ3n) is 4.14. The highest BCUT2D eigenvalue weighted by molar-refractivity contribution is 6.36. The van der Waals surface area contributed by atoms with E-state index in [1.807, 2.05) is 0 Å². The molecule has 1 atom stereocenters. The Morgan fingerprint density at radius 3 is 2.70 bits per heavy atom. The van der Waals surface area contributed by atoms with Gasteiger partial charge >= 0.3 is 5.97 Å². The summed E-state index contributed by atoms with van der Waals surface area (Å²) in [6, 6.07) is 0. The first-order valence-electron chi connectivity index (χ1n) is 8.28. The van der Waals surface area contributed by atoms with Gasteiger partial charge in [-0.15, -0.1) is 0 Å². The predicted molar refractivity (Wildman–Crippen MR) is 92.3 cm³/mol. The molecule has 1 N–H and O–H groups in total. The predicted octanol–water partition coefficient (Wildman–Crippen LogP) is 1.49. The van der Waals surface area contributed by atoms with Gasteiger partial charge in [-0.1, -0.05) is 10.3 Å². The van der Waals surface area contributed by atoms with E-state index < -0.39 is 12.1 Å². The first-order chi connectivity index (χ1) is 13.1. The van der Waals surface area contributed by atoms with Crippen molar-refractivity contribution < 1.29 is 38.5 Å². The number of hydrogen-bond donors (Lipinski definition) is 1. The van der Waals surface area contributed by atoms with E-state index in [1.165, 1.54) is 20.4 Å². The SMILES string of the molecule is CCOC(=O)C1=NO[C@@H](Cc2c(/C=N\O)c3c(c(OC)c2OC)OCO3)C1. The fraction of sp³-hybridized carbons (Fsp3) is 0.471. The van der Waals surface area contributed by atoms with Crippen LogP contribution in [0.5, 0.6) is 23.0 Å². The Labute approximate surface area is 155 Å². The van der Waals surface area contributed by atoms with Gasteiger partial charge in [-0.2, -0.15) is 0 Å². The van der Waals surface area contributed by atoms with Gasteiger partial charge in [-0.25, -0.2) is 4.79 Å². The molecule has 10 nitrogen and oxygen atoms in total. The number of carbonyl (C=O) groups is 1. The topological polar surface area (TPSA) is 117 Å². The smallest absolute Gasteiger partial charge is 0.356 e. The summed E-state index contributed by atoms with van der Waals surface area (Å²) in [4.78, 5) is 17.2. The third-order valence-corrected chi connectivity index (χ3v) is 4.14. The van der Waals surface area contributed by atoms with Crippen LogP contribution in [0.25, 0.3) is 0 Å². The molecule has 1 aromatic rings. The average Bonchev–Trinajstić information content (AvgIpc) is 3.33. The van der Waals surface area contributed by atoms with Crippen LogP contribution in [0, 0.1) is 0 Å². The number of rotatable bonds is 7. The number of fused-ring (bicyclic) bond motifs is 1. The average molecular weight is 380 g/mol. The van der Waals surface area contributed by atoms with Crippen molar-refractivity contribution in [3.8, 4) is 23.0 Å². The van der Waals surface area contributed by atoms with E-state index in [-0.39, 0.29) is 25.5 Å². The monoisotopic (exact) mass is 380 g/mol. The maximum Gasteiger partial charge on any atom is 0.356 e. The summed E-state index contributed by atoms with van der Waals surface area (Å²) in [5.41, 5.74) is 1.29. The molecular formula is C17H20N2O8. The number of ether oxygens (including phenoxy) is 5. The van der Waals surface area contributed by atoms with E-state index >= 15 is 0 Å². The van der Waals surface area contributed by atoms with Crippen molar-refractivity contribution in [2.45, 2.75) is 25.9 Å². The van der Waals surface area contributed by atoms with Crippen molar-refractivity contribution in [3.05, 3.63) is 11.1 Å². The van der Waals surface area contributed by atoms with Crippen LogP contribution in [0.3, 0.4) is 0 Å². The molecule has 0 radical (unpaired) electrons. The zero-order valence-electron chi connectivity index (χ0n) is 15.2. The lowest BCUT2D eigenvalue weighted by Crippen LogP contribution is -2.20. The Balaban J connectivity index is 1.94. The van der Waals surface area contributed by atoms with E-state index in [1.54, 1.807) is 6.92 Å². The summed E-state index contributed by atoms with van der Waals surface area (Å²) in [6.07, 6.45) is 1.36. The number of carbonyl (C=O) groups excluding carboxylic acids is 1. The van der Waals surface area contributed by atoms with Gasteiger partial charge in [-0.05, 0) is 6.92 Å². The van der Waals surface area contributed by atoms with Crippen LogP contribution < -0.4 is 18.9 Å². The molecule has 146 valence electrons. The molecule has 0 fully saturated rings. The summed E-state index contributed by atoms with van der Waals surface area (Å²) in [5.74, 6) is 0.991. The second-order valence-electron chi connectivity index (χ2n) is 5.66. The maximum absolute atomic E-state index is 11.8. The number of benzene rings is 1. The first kappa shape index (κ1) is 18.6. The molecule has 2 heterocycles. The van der Waals surface area contributed by atoms with Crippen molar-refractivity contribution in [1.82, 2.24) is 0 Å². The molecule has 27 heavy (non-hydrogen) atoms. The Hall–Kier alpha value is -3.17. The number of methoxy groups -OCH3 is 2. The zero-order chi connectivity index (χ0) is 19.4. The summed E-state index contributed by atoms with van der Waals surface area (Å²) >= 11 is 0. The van der Waals surface area contributed by atoms with Crippen molar-refractivity contribution in [3.63, 3.8) is 0 Å². The lowest BCUT2D eigenvalue weighted by atomic mass is 9.96. The molecular weight excluding hydrogens is 360 g/mol. The molecule has 0 saturated carbocycles. The normalized spacial score (nSPS) is 17.6. The third kappa shape index (κ3) is 3.42. The fourth-order valence-corrected chi connectivity index (χ4v) is 3.05. The molecule has 0 unspecified atom stereocenters. The lowest BCUT2D eigenvalue weighted by molar-refractivity contribution is -0.135. The van der Waals surface area contributed by atoms with Gasteiger partial charge in [-0.3, -0.25) is 0 Å². The summed E-state index contributed by atoms with van der Waals surface area (Å²) in [5, 5.41) is 16.0. The van der Waals surface area contributed by atoms with Gasteiger partial charge in [0, 0.05) is 24.0 Å². The van der Waals surface area contributed by atoms with Gasteiger partial charge in [0.05, 0.1) is 27.0 Å². The molecule has 10 heteroatoms. The highest BCUT2D eigenvalue weighted by Crippen LogP contribution is 2.51. The van der Waals surface area contributed by atoms with E-state index in [0.717, 1.165) is 0 Å². The maximum atomic E-state index is 11.8. The highest BCUT2D eigenvalue weighted by Gasteiger charge is 2.34. The van der Waals surface area contributed by atoms with Gasteiger partial charge in [0.1, 0.15) is 6.10 Å². The van der Waals surface area contributed by atoms with Crippen LogP contribution in [0.1, 0.15) is 24.5 Å². The molecule has 0 amide bonds. The quantitative estimate of drug-likeness (QED) is 0.327. The van der Waals surface area contributed by atoms with Gasteiger partial charge in [0.2, 0.25) is 18.3 Å². The molecule has 0 bridgehead atoms. The minimum absolute atomic E-state index is 0.000611. The largest absolute Gasteiger partial charge is 0.492 e. The van der Waals surface area contributed by atoms with E-state index in [9.17, 15) is 4.79 Å². The van der Waals surface area contributed by atoms with E-state index in [2.05, 4.69) is 10.3 Å². The van der Waals surface area contributed by atoms with E-state index in [0.29, 0.717) is 40.5 Å². The molecule has 2 aliphatic rings.